The van der Waals surface area contributed by atoms with Gasteiger partial charge in [0, 0.05) is 12.2 Å². The van der Waals surface area contributed by atoms with Gasteiger partial charge in [0.25, 0.3) is 0 Å². The van der Waals surface area contributed by atoms with Crippen molar-refractivity contribution in [3.05, 3.63) is 17.2 Å². The molecule has 1 aliphatic rings. The van der Waals surface area contributed by atoms with Crippen molar-refractivity contribution < 1.29 is 9.53 Å². The van der Waals surface area contributed by atoms with Crippen molar-refractivity contribution in [3.63, 3.8) is 0 Å². The number of imidazole rings is 1. The first kappa shape index (κ1) is 14.1. The van der Waals surface area contributed by atoms with E-state index < -0.39 is 6.04 Å². The Morgan fingerprint density at radius 2 is 2.21 bits per heavy atom. The second-order valence-electron chi connectivity index (χ2n) is 5.06. The molecule has 0 spiro atoms. The summed E-state index contributed by atoms with van der Waals surface area (Å²) in [5, 5.41) is 0. The molecule has 1 aromatic heterocycles. The van der Waals surface area contributed by atoms with E-state index in [1.165, 1.54) is 24.2 Å². The highest BCUT2D eigenvalue weighted by Crippen LogP contribution is 2.22. The van der Waals surface area contributed by atoms with Gasteiger partial charge in [0.05, 0.1) is 12.3 Å². The normalized spacial score (nSPS) is 15.9. The predicted molar refractivity (Wildman–Crippen MR) is 72.8 cm³/mol. The van der Waals surface area contributed by atoms with E-state index in [4.69, 9.17) is 10.5 Å². The number of carbonyl (C=O) groups excluding carboxylic acids is 1. The van der Waals surface area contributed by atoms with Crippen LogP contribution < -0.4 is 5.73 Å². The van der Waals surface area contributed by atoms with Crippen molar-refractivity contribution in [2.75, 3.05) is 6.61 Å². The molecule has 5 nitrogen and oxygen atoms in total. The Morgan fingerprint density at radius 1 is 1.47 bits per heavy atom. The minimum atomic E-state index is -0.541. The molecule has 0 radical (unpaired) electrons. The number of rotatable bonds is 5. The van der Waals surface area contributed by atoms with E-state index in [-0.39, 0.29) is 5.97 Å². The van der Waals surface area contributed by atoms with Crippen LogP contribution in [0.4, 0.5) is 0 Å². The highest BCUT2D eigenvalue weighted by Gasteiger charge is 2.20. The van der Waals surface area contributed by atoms with Crippen LogP contribution in [-0.2, 0) is 28.9 Å². The molecule has 0 aliphatic heterocycles. The van der Waals surface area contributed by atoms with Crippen LogP contribution in [0.3, 0.4) is 0 Å². The molecule has 1 aliphatic carbocycles. The predicted octanol–water partition coefficient (Wildman–Crippen LogP) is 1.35. The molecule has 0 bridgehead atoms. The number of hydrogen-bond donors (Lipinski definition) is 1. The van der Waals surface area contributed by atoms with Gasteiger partial charge in [0.2, 0.25) is 0 Å². The highest BCUT2D eigenvalue weighted by atomic mass is 16.5. The number of nitrogens with zero attached hydrogens (tertiary/aromatic N) is 2. The summed E-state index contributed by atoms with van der Waals surface area (Å²) in [7, 11) is 0. The van der Waals surface area contributed by atoms with Crippen molar-refractivity contribution in [2.24, 2.45) is 5.73 Å². The van der Waals surface area contributed by atoms with Gasteiger partial charge in [-0.1, -0.05) is 0 Å². The molecule has 1 aromatic rings. The van der Waals surface area contributed by atoms with E-state index in [1.807, 2.05) is 6.92 Å². The Hall–Kier alpha value is -1.36. The number of nitrogens with two attached hydrogens (primary N) is 1. The third-order valence-electron chi connectivity index (χ3n) is 3.68. The van der Waals surface area contributed by atoms with Gasteiger partial charge in [-0.05, 0) is 46.0 Å². The molecular weight excluding hydrogens is 242 g/mol. The number of fused-ring (bicyclic) bond motifs is 1. The molecule has 1 unspecified atom stereocenters. The van der Waals surface area contributed by atoms with Gasteiger partial charge in [-0.25, -0.2) is 4.98 Å². The molecule has 2 N–H and O–H groups in total. The first-order valence-corrected chi connectivity index (χ1v) is 7.10. The fourth-order valence-electron chi connectivity index (χ4n) is 2.67. The topological polar surface area (TPSA) is 70.1 Å². The summed E-state index contributed by atoms with van der Waals surface area (Å²) in [6.45, 7) is 4.94. The van der Waals surface area contributed by atoms with Gasteiger partial charge in [-0.2, -0.15) is 0 Å². The van der Waals surface area contributed by atoms with E-state index in [0.717, 1.165) is 25.2 Å². The van der Waals surface area contributed by atoms with Crippen LogP contribution in [0.15, 0.2) is 0 Å². The smallest absolute Gasteiger partial charge is 0.322 e. The number of esters is 1. The zero-order valence-electron chi connectivity index (χ0n) is 11.8. The Morgan fingerprint density at radius 3 is 2.95 bits per heavy atom. The fraction of sp³-hybridized carbons (Fsp3) is 0.714. The van der Waals surface area contributed by atoms with Gasteiger partial charge in [0.1, 0.15) is 11.9 Å². The van der Waals surface area contributed by atoms with Gasteiger partial charge < -0.3 is 15.0 Å². The average molecular weight is 265 g/mol. The first-order chi connectivity index (χ1) is 9.13. The number of aryl methyl sites for hydroxylation is 2. The summed E-state index contributed by atoms with van der Waals surface area (Å²) in [5.41, 5.74) is 8.40. The summed E-state index contributed by atoms with van der Waals surface area (Å²) in [5.74, 6) is 0.720. The zero-order valence-corrected chi connectivity index (χ0v) is 11.8. The highest BCUT2D eigenvalue weighted by molar-refractivity contribution is 5.75. The van der Waals surface area contributed by atoms with E-state index in [0.29, 0.717) is 13.0 Å². The van der Waals surface area contributed by atoms with Crippen LogP contribution in [-0.4, -0.2) is 28.2 Å². The largest absolute Gasteiger partial charge is 0.465 e. The third-order valence-corrected chi connectivity index (χ3v) is 3.68. The number of hydrogen-bond acceptors (Lipinski definition) is 4. The number of ether oxygens (including phenoxy) is 1. The van der Waals surface area contributed by atoms with Gasteiger partial charge in [0.15, 0.2) is 0 Å². The van der Waals surface area contributed by atoms with Crippen LogP contribution in [0.25, 0.3) is 0 Å². The van der Waals surface area contributed by atoms with Gasteiger partial charge >= 0.3 is 5.97 Å². The van der Waals surface area contributed by atoms with Crippen LogP contribution in [0.1, 0.15) is 43.4 Å². The minimum absolute atomic E-state index is 0.311. The molecule has 1 heterocycles. The Balaban J connectivity index is 2.00. The van der Waals surface area contributed by atoms with Crippen LogP contribution in [0.2, 0.25) is 0 Å². The van der Waals surface area contributed by atoms with Crippen molar-refractivity contribution in [1.82, 2.24) is 9.55 Å². The summed E-state index contributed by atoms with van der Waals surface area (Å²) < 4.78 is 7.14. The van der Waals surface area contributed by atoms with E-state index >= 15 is 0 Å². The molecule has 0 saturated carbocycles. The molecule has 5 heteroatoms. The lowest BCUT2D eigenvalue weighted by molar-refractivity contribution is -0.144. The SMILES string of the molecule is CCOC(=O)C(N)CCn1c(C)nc2c1CCCC2. The average Bonchev–Trinajstić information content (AvgIpc) is 2.72. The third kappa shape index (κ3) is 3.15. The maximum atomic E-state index is 11.5. The summed E-state index contributed by atoms with van der Waals surface area (Å²) in [4.78, 5) is 16.1. The minimum Gasteiger partial charge on any atom is -0.465 e. The van der Waals surface area contributed by atoms with Crippen molar-refractivity contribution in [2.45, 2.75) is 58.5 Å². The Bertz CT molecular complexity index is 454. The van der Waals surface area contributed by atoms with Crippen LogP contribution in [0, 0.1) is 6.92 Å². The molecule has 0 amide bonds. The molecule has 0 aromatic carbocycles. The monoisotopic (exact) mass is 265 g/mol. The maximum Gasteiger partial charge on any atom is 0.322 e. The molecule has 19 heavy (non-hydrogen) atoms. The molecule has 106 valence electrons. The summed E-state index contributed by atoms with van der Waals surface area (Å²) in [6, 6.07) is -0.541. The number of carbonyl (C=O) groups is 1. The lowest BCUT2D eigenvalue weighted by Gasteiger charge is -2.16. The standard InChI is InChI=1S/C14H23N3O2/c1-3-19-14(18)11(15)8-9-17-10(2)16-12-6-4-5-7-13(12)17/h11H,3-9,15H2,1-2H3. The molecule has 0 saturated heterocycles. The van der Waals surface area contributed by atoms with E-state index in [2.05, 4.69) is 9.55 Å². The van der Waals surface area contributed by atoms with Gasteiger partial charge in [-0.15, -0.1) is 0 Å². The lowest BCUT2D eigenvalue weighted by atomic mass is 10.0. The van der Waals surface area contributed by atoms with Crippen molar-refractivity contribution in [1.29, 1.82) is 0 Å². The fourth-order valence-corrected chi connectivity index (χ4v) is 2.67. The quantitative estimate of drug-likeness (QED) is 0.816. The zero-order chi connectivity index (χ0) is 13.8. The van der Waals surface area contributed by atoms with Crippen molar-refractivity contribution in [3.8, 4) is 0 Å². The summed E-state index contributed by atoms with van der Waals surface area (Å²) >= 11 is 0. The summed E-state index contributed by atoms with van der Waals surface area (Å²) in [6.07, 6.45) is 5.22. The molecular formula is C14H23N3O2. The molecule has 0 fully saturated rings. The molecule has 2 rings (SSSR count). The first-order valence-electron chi connectivity index (χ1n) is 7.10. The lowest BCUT2D eigenvalue weighted by Crippen LogP contribution is -2.33. The maximum absolute atomic E-state index is 11.5. The second-order valence-corrected chi connectivity index (χ2v) is 5.06. The van der Waals surface area contributed by atoms with E-state index in [9.17, 15) is 4.79 Å². The van der Waals surface area contributed by atoms with Crippen LogP contribution >= 0.6 is 0 Å². The Labute approximate surface area is 114 Å². The molecule has 1 atom stereocenters. The van der Waals surface area contributed by atoms with Crippen molar-refractivity contribution >= 4 is 5.97 Å². The Kier molecular flexibility index (Phi) is 4.58. The van der Waals surface area contributed by atoms with Gasteiger partial charge in [-0.3, -0.25) is 4.79 Å². The number of aromatic nitrogens is 2. The second kappa shape index (κ2) is 6.19. The van der Waals surface area contributed by atoms with Crippen LogP contribution in [0.5, 0.6) is 0 Å². The van der Waals surface area contributed by atoms with E-state index in [1.54, 1.807) is 6.92 Å².